The molecule has 0 bridgehead atoms. The lowest BCUT2D eigenvalue weighted by Gasteiger charge is -2.32. The maximum absolute atomic E-state index is 11.0. The molecule has 0 amide bonds. The van der Waals surface area contributed by atoms with Crippen LogP contribution in [-0.2, 0) is 17.9 Å². The normalized spacial score (nSPS) is 19.0. The minimum Gasteiger partial charge on any atom is -0.480 e. The summed E-state index contributed by atoms with van der Waals surface area (Å²) in [5.74, 6) is 0.504. The summed E-state index contributed by atoms with van der Waals surface area (Å²) in [6.07, 6.45) is 5.56. The summed E-state index contributed by atoms with van der Waals surface area (Å²) in [5.41, 5.74) is 1.96. The summed E-state index contributed by atoms with van der Waals surface area (Å²) in [6, 6.07) is 1.93. The molecular weight excluding hydrogens is 308 g/mol. The molecule has 130 valence electrons. The maximum Gasteiger partial charge on any atom is 0.325 e. The maximum atomic E-state index is 11.0. The van der Waals surface area contributed by atoms with Gasteiger partial charge in [0.15, 0.2) is 5.89 Å². The Morgan fingerprint density at radius 2 is 2.33 bits per heavy atom. The lowest BCUT2D eigenvalue weighted by molar-refractivity contribution is -0.137. The minimum atomic E-state index is -0.864. The highest BCUT2D eigenvalue weighted by Gasteiger charge is 2.25. The number of nitrogens with zero attached hydrogens (tertiary/aromatic N) is 4. The molecule has 1 N–H and O–H groups in total. The van der Waals surface area contributed by atoms with Gasteiger partial charge in [-0.2, -0.15) is 5.10 Å². The molecule has 2 aromatic heterocycles. The number of carbonyl (C=O) groups is 1. The zero-order valence-corrected chi connectivity index (χ0v) is 14.2. The van der Waals surface area contributed by atoms with Crippen molar-refractivity contribution in [3.8, 4) is 0 Å². The number of oxazole rings is 1. The Hall–Kier alpha value is -2.15. The van der Waals surface area contributed by atoms with Gasteiger partial charge in [-0.15, -0.1) is 0 Å². The summed E-state index contributed by atoms with van der Waals surface area (Å²) in [7, 11) is 0. The van der Waals surface area contributed by atoms with Crippen LogP contribution in [0.5, 0.6) is 0 Å². The van der Waals surface area contributed by atoms with Crippen molar-refractivity contribution >= 4 is 5.97 Å². The number of hydrogen-bond donors (Lipinski definition) is 1. The number of carboxylic acids is 1. The smallest absolute Gasteiger partial charge is 0.325 e. The molecule has 0 aromatic carbocycles. The van der Waals surface area contributed by atoms with E-state index >= 15 is 0 Å². The standard InChI is InChI=1S/C17H24N4O3/c1-12(2)17-19-14(11-24-17)9-20-7-3-4-13(8-20)15-5-6-18-21(15)10-16(22)23/h5-6,11-13H,3-4,7-10H2,1-2H3,(H,22,23)/t13-/m0/s1. The van der Waals surface area contributed by atoms with E-state index in [0.29, 0.717) is 11.8 Å². The summed E-state index contributed by atoms with van der Waals surface area (Å²) < 4.78 is 7.11. The topological polar surface area (TPSA) is 84.4 Å². The highest BCUT2D eigenvalue weighted by Crippen LogP contribution is 2.27. The van der Waals surface area contributed by atoms with Gasteiger partial charge in [0.05, 0.1) is 5.69 Å². The van der Waals surface area contributed by atoms with E-state index < -0.39 is 5.97 Å². The summed E-state index contributed by atoms with van der Waals surface area (Å²) in [4.78, 5) is 17.9. The van der Waals surface area contributed by atoms with E-state index in [0.717, 1.165) is 49.8 Å². The highest BCUT2D eigenvalue weighted by molar-refractivity contribution is 5.66. The van der Waals surface area contributed by atoms with Gasteiger partial charge in [-0.05, 0) is 25.5 Å². The number of aliphatic carboxylic acids is 1. The zero-order valence-electron chi connectivity index (χ0n) is 14.2. The van der Waals surface area contributed by atoms with Crippen molar-refractivity contribution in [2.75, 3.05) is 13.1 Å². The Morgan fingerprint density at radius 1 is 1.50 bits per heavy atom. The fourth-order valence-corrected chi connectivity index (χ4v) is 3.28. The Bertz CT molecular complexity index is 692. The van der Waals surface area contributed by atoms with E-state index in [-0.39, 0.29) is 6.54 Å². The number of likely N-dealkylation sites (tertiary alicyclic amines) is 1. The fourth-order valence-electron chi connectivity index (χ4n) is 3.28. The van der Waals surface area contributed by atoms with Gasteiger partial charge in [0.2, 0.25) is 0 Å². The van der Waals surface area contributed by atoms with Crippen LogP contribution in [0.25, 0.3) is 0 Å². The molecule has 3 rings (SSSR count). The molecule has 2 aromatic rings. The molecule has 1 saturated heterocycles. The van der Waals surface area contributed by atoms with Gasteiger partial charge in [0, 0.05) is 36.8 Å². The lowest BCUT2D eigenvalue weighted by atomic mass is 9.94. The van der Waals surface area contributed by atoms with E-state index in [1.165, 1.54) is 0 Å². The third-order valence-electron chi connectivity index (χ3n) is 4.41. The van der Waals surface area contributed by atoms with Crippen LogP contribution in [0.2, 0.25) is 0 Å². The lowest BCUT2D eigenvalue weighted by Crippen LogP contribution is -2.35. The molecule has 0 radical (unpaired) electrons. The van der Waals surface area contributed by atoms with Gasteiger partial charge in [-0.1, -0.05) is 13.8 Å². The van der Waals surface area contributed by atoms with Gasteiger partial charge in [0.1, 0.15) is 12.8 Å². The predicted molar refractivity (Wildman–Crippen MR) is 87.7 cm³/mol. The van der Waals surface area contributed by atoms with Crippen molar-refractivity contribution in [3.05, 3.63) is 35.8 Å². The van der Waals surface area contributed by atoms with Gasteiger partial charge in [0.25, 0.3) is 0 Å². The van der Waals surface area contributed by atoms with Crippen LogP contribution in [0.15, 0.2) is 22.9 Å². The van der Waals surface area contributed by atoms with E-state index in [1.54, 1.807) is 17.1 Å². The van der Waals surface area contributed by atoms with Crippen LogP contribution in [0.3, 0.4) is 0 Å². The van der Waals surface area contributed by atoms with Crippen LogP contribution in [0.4, 0.5) is 0 Å². The number of piperidine rings is 1. The second-order valence-corrected chi connectivity index (χ2v) is 6.71. The van der Waals surface area contributed by atoms with Crippen molar-refractivity contribution in [2.45, 2.75) is 51.6 Å². The minimum absolute atomic E-state index is 0.0835. The van der Waals surface area contributed by atoms with Gasteiger partial charge >= 0.3 is 5.97 Å². The van der Waals surface area contributed by atoms with Gasteiger partial charge in [-0.3, -0.25) is 14.4 Å². The van der Waals surface area contributed by atoms with Gasteiger partial charge in [-0.25, -0.2) is 4.98 Å². The van der Waals surface area contributed by atoms with E-state index in [1.807, 2.05) is 6.07 Å². The molecular formula is C17H24N4O3. The number of rotatable bonds is 6. The third kappa shape index (κ3) is 3.84. The molecule has 1 aliphatic rings. The number of hydrogen-bond acceptors (Lipinski definition) is 5. The number of carboxylic acid groups (broad SMARTS) is 1. The molecule has 7 nitrogen and oxygen atoms in total. The van der Waals surface area contributed by atoms with Crippen LogP contribution in [0.1, 0.15) is 55.8 Å². The molecule has 3 heterocycles. The quantitative estimate of drug-likeness (QED) is 0.875. The molecule has 1 aliphatic heterocycles. The Morgan fingerprint density at radius 3 is 3.04 bits per heavy atom. The van der Waals surface area contributed by atoms with E-state index in [2.05, 4.69) is 28.8 Å². The molecule has 7 heteroatoms. The molecule has 0 saturated carbocycles. The molecule has 0 spiro atoms. The summed E-state index contributed by atoms with van der Waals surface area (Å²) in [5, 5.41) is 13.2. The van der Waals surface area contributed by atoms with Crippen LogP contribution in [-0.4, -0.2) is 43.8 Å². The van der Waals surface area contributed by atoms with Crippen molar-refractivity contribution < 1.29 is 14.3 Å². The Labute approximate surface area is 141 Å². The Balaban J connectivity index is 1.66. The van der Waals surface area contributed by atoms with Crippen molar-refractivity contribution in [3.63, 3.8) is 0 Å². The van der Waals surface area contributed by atoms with Crippen LogP contribution < -0.4 is 0 Å². The van der Waals surface area contributed by atoms with Crippen molar-refractivity contribution in [2.24, 2.45) is 0 Å². The van der Waals surface area contributed by atoms with Gasteiger partial charge < -0.3 is 9.52 Å². The fraction of sp³-hybridized carbons (Fsp3) is 0.588. The average molecular weight is 332 g/mol. The first-order valence-electron chi connectivity index (χ1n) is 8.43. The molecule has 1 atom stereocenters. The van der Waals surface area contributed by atoms with Crippen LogP contribution >= 0.6 is 0 Å². The van der Waals surface area contributed by atoms with E-state index in [4.69, 9.17) is 9.52 Å². The summed E-state index contributed by atoms with van der Waals surface area (Å²) >= 11 is 0. The van der Waals surface area contributed by atoms with Crippen LogP contribution in [0, 0.1) is 0 Å². The first-order valence-corrected chi connectivity index (χ1v) is 8.43. The average Bonchev–Trinajstić information content (AvgIpc) is 3.16. The van der Waals surface area contributed by atoms with E-state index in [9.17, 15) is 4.79 Å². The zero-order chi connectivity index (χ0) is 17.1. The molecule has 24 heavy (non-hydrogen) atoms. The third-order valence-corrected chi connectivity index (χ3v) is 4.41. The molecule has 0 aliphatic carbocycles. The summed E-state index contributed by atoms with van der Waals surface area (Å²) in [6.45, 7) is 6.72. The monoisotopic (exact) mass is 332 g/mol. The predicted octanol–water partition coefficient (Wildman–Crippen LogP) is 2.46. The highest BCUT2D eigenvalue weighted by atomic mass is 16.4. The first-order chi connectivity index (χ1) is 11.5. The number of aromatic nitrogens is 3. The molecule has 0 unspecified atom stereocenters. The second-order valence-electron chi connectivity index (χ2n) is 6.71. The Kier molecular flexibility index (Phi) is 4.99. The second kappa shape index (κ2) is 7.17. The van der Waals surface area contributed by atoms with Crippen molar-refractivity contribution in [1.29, 1.82) is 0 Å². The SMILES string of the molecule is CC(C)c1nc(CN2CCC[C@H](c3ccnn3CC(=O)O)C2)co1. The van der Waals surface area contributed by atoms with Crippen molar-refractivity contribution in [1.82, 2.24) is 19.7 Å². The first kappa shape index (κ1) is 16.7. The molecule has 1 fully saturated rings. The largest absolute Gasteiger partial charge is 0.480 e.